The molecule has 0 radical (unpaired) electrons. The highest BCUT2D eigenvalue weighted by molar-refractivity contribution is 5.66. The van der Waals surface area contributed by atoms with Crippen molar-refractivity contribution in [2.24, 2.45) is 0 Å². The van der Waals surface area contributed by atoms with E-state index >= 15 is 0 Å². The van der Waals surface area contributed by atoms with Gasteiger partial charge in [0.1, 0.15) is 0 Å². The third kappa shape index (κ3) is 3.02. The summed E-state index contributed by atoms with van der Waals surface area (Å²) in [5.74, 6) is 0. The molecule has 0 N–H and O–H groups in total. The number of rotatable bonds is 3. The van der Waals surface area contributed by atoms with Gasteiger partial charge in [0.05, 0.1) is 0 Å². The van der Waals surface area contributed by atoms with E-state index in [0.717, 1.165) is 0 Å². The van der Waals surface area contributed by atoms with Crippen molar-refractivity contribution in [1.29, 1.82) is 0 Å². The van der Waals surface area contributed by atoms with Crippen molar-refractivity contribution in [2.45, 2.75) is 51.4 Å². The first-order chi connectivity index (χ1) is 14.9. The summed E-state index contributed by atoms with van der Waals surface area (Å²) >= 11 is 0. The van der Waals surface area contributed by atoms with E-state index in [1.165, 1.54) is 96.4 Å². The van der Waals surface area contributed by atoms with Crippen LogP contribution in [0.25, 0.3) is 22.5 Å². The number of benzene rings is 2. The Kier molecular flexibility index (Phi) is 4.37. The van der Waals surface area contributed by atoms with Gasteiger partial charge in [0, 0.05) is 35.2 Å². The van der Waals surface area contributed by atoms with Gasteiger partial charge in [0.25, 0.3) is 0 Å². The molecule has 2 heterocycles. The Labute approximate surface area is 178 Å². The molecule has 150 valence electrons. The lowest BCUT2D eigenvalue weighted by atomic mass is 9.98. The molecule has 4 aromatic rings. The maximum absolute atomic E-state index is 2.39. The summed E-state index contributed by atoms with van der Waals surface area (Å²) in [6.07, 6.45) is 14.7. The molecule has 0 fully saturated rings. The summed E-state index contributed by atoms with van der Waals surface area (Å²) in [7, 11) is 0. The minimum Gasteiger partial charge on any atom is -0.321 e. The van der Waals surface area contributed by atoms with Crippen molar-refractivity contribution in [3.05, 3.63) is 95.6 Å². The van der Waals surface area contributed by atoms with Gasteiger partial charge in [0.15, 0.2) is 0 Å². The number of hydrogen-bond donors (Lipinski definition) is 0. The van der Waals surface area contributed by atoms with Crippen LogP contribution in [-0.4, -0.2) is 9.13 Å². The highest BCUT2D eigenvalue weighted by Gasteiger charge is 2.15. The van der Waals surface area contributed by atoms with Gasteiger partial charge in [-0.25, -0.2) is 0 Å². The number of aromatic nitrogens is 2. The first-order valence-electron chi connectivity index (χ1n) is 11.5. The smallest absolute Gasteiger partial charge is 0.0452 e. The molecular weight excluding hydrogens is 364 g/mol. The lowest BCUT2D eigenvalue weighted by Gasteiger charge is -2.16. The lowest BCUT2D eigenvalue weighted by Crippen LogP contribution is -2.06. The first-order valence-corrected chi connectivity index (χ1v) is 11.5. The molecule has 0 spiro atoms. The normalized spacial score (nSPS) is 15.6. The van der Waals surface area contributed by atoms with Crippen molar-refractivity contribution in [3.63, 3.8) is 0 Å². The molecule has 6 rings (SSSR count). The summed E-state index contributed by atoms with van der Waals surface area (Å²) in [5.41, 5.74) is 11.2. The van der Waals surface area contributed by atoms with Crippen LogP contribution in [0.4, 0.5) is 0 Å². The van der Waals surface area contributed by atoms with Crippen molar-refractivity contribution in [1.82, 2.24) is 9.13 Å². The van der Waals surface area contributed by atoms with Crippen LogP contribution in [0.5, 0.6) is 0 Å². The van der Waals surface area contributed by atoms with Crippen LogP contribution in [-0.2, 0) is 25.7 Å². The van der Waals surface area contributed by atoms with Crippen LogP contribution in [0.2, 0.25) is 0 Å². The Morgan fingerprint density at radius 3 is 1.27 bits per heavy atom. The third-order valence-corrected chi connectivity index (χ3v) is 7.02. The molecule has 2 aromatic carbocycles. The molecule has 2 aliphatic carbocycles. The van der Waals surface area contributed by atoms with Gasteiger partial charge < -0.3 is 9.13 Å². The van der Waals surface area contributed by atoms with Crippen LogP contribution >= 0.6 is 0 Å². The van der Waals surface area contributed by atoms with Crippen LogP contribution in [0, 0.1) is 0 Å². The van der Waals surface area contributed by atoms with E-state index in [-0.39, 0.29) is 0 Å². The number of aryl methyl sites for hydroxylation is 2. The Morgan fingerprint density at radius 1 is 0.433 bits per heavy atom. The minimum absolute atomic E-state index is 1.20. The zero-order valence-electron chi connectivity index (χ0n) is 17.5. The van der Waals surface area contributed by atoms with Crippen molar-refractivity contribution in [2.75, 3.05) is 0 Å². The highest BCUT2D eigenvalue weighted by atomic mass is 15.0. The SMILES string of the molecule is c1cc(-n2ccc3c2CCCC3)ccc1-c1ccc(-n2ccc3c2CCCC3)cc1. The van der Waals surface area contributed by atoms with Gasteiger partial charge in [0.2, 0.25) is 0 Å². The molecule has 0 bridgehead atoms. The molecule has 0 unspecified atom stereocenters. The first kappa shape index (κ1) is 17.8. The second kappa shape index (κ2) is 7.36. The number of nitrogens with zero attached hydrogens (tertiary/aromatic N) is 2. The Hall–Kier alpha value is -3.00. The molecule has 2 aromatic heterocycles. The van der Waals surface area contributed by atoms with E-state index in [2.05, 4.69) is 82.2 Å². The Balaban J connectivity index is 1.26. The fourth-order valence-electron chi connectivity index (χ4n) is 5.36. The van der Waals surface area contributed by atoms with E-state index < -0.39 is 0 Å². The highest BCUT2D eigenvalue weighted by Crippen LogP contribution is 2.29. The lowest BCUT2D eigenvalue weighted by molar-refractivity contribution is 0.663. The summed E-state index contributed by atoms with van der Waals surface area (Å²) in [6, 6.07) is 22.7. The Morgan fingerprint density at radius 2 is 0.833 bits per heavy atom. The summed E-state index contributed by atoms with van der Waals surface area (Å²) < 4.78 is 4.77. The topological polar surface area (TPSA) is 9.86 Å². The van der Waals surface area contributed by atoms with Crippen LogP contribution < -0.4 is 0 Å². The van der Waals surface area contributed by atoms with Crippen molar-refractivity contribution < 1.29 is 0 Å². The molecule has 0 aliphatic heterocycles. The Bertz CT molecular complexity index is 1080. The predicted octanol–water partition coefficient (Wildman–Crippen LogP) is 6.69. The molecular formula is C28H28N2. The second-order valence-electron chi connectivity index (χ2n) is 8.82. The number of hydrogen-bond acceptors (Lipinski definition) is 0. The maximum atomic E-state index is 2.39. The van der Waals surface area contributed by atoms with Crippen LogP contribution in [0.1, 0.15) is 48.2 Å². The molecule has 0 saturated heterocycles. The van der Waals surface area contributed by atoms with Gasteiger partial charge in [-0.2, -0.15) is 0 Å². The summed E-state index contributed by atoms with van der Waals surface area (Å²) in [4.78, 5) is 0. The molecule has 2 aliphatic rings. The monoisotopic (exact) mass is 392 g/mol. The average molecular weight is 393 g/mol. The molecule has 2 nitrogen and oxygen atoms in total. The fourth-order valence-corrected chi connectivity index (χ4v) is 5.36. The molecule has 2 heteroatoms. The largest absolute Gasteiger partial charge is 0.321 e. The van der Waals surface area contributed by atoms with Gasteiger partial charge >= 0.3 is 0 Å². The minimum atomic E-state index is 1.20. The van der Waals surface area contributed by atoms with E-state index in [1.807, 2.05) is 0 Å². The van der Waals surface area contributed by atoms with E-state index in [1.54, 1.807) is 0 Å². The predicted molar refractivity (Wildman–Crippen MR) is 124 cm³/mol. The molecule has 0 saturated carbocycles. The molecule has 0 atom stereocenters. The molecule has 0 amide bonds. The van der Waals surface area contributed by atoms with E-state index in [4.69, 9.17) is 0 Å². The standard InChI is InChI=1S/C28H28N2/c1-3-7-27-23(5-1)17-19-29(27)25-13-9-21(10-14-25)22-11-15-26(16-12-22)30-20-18-24-6-2-4-8-28(24)30/h9-20H,1-8H2. The summed E-state index contributed by atoms with van der Waals surface area (Å²) in [6.45, 7) is 0. The van der Waals surface area contributed by atoms with Gasteiger partial charge in [-0.15, -0.1) is 0 Å². The summed E-state index contributed by atoms with van der Waals surface area (Å²) in [5, 5.41) is 0. The van der Waals surface area contributed by atoms with E-state index in [9.17, 15) is 0 Å². The van der Waals surface area contributed by atoms with Crippen molar-refractivity contribution in [3.8, 4) is 22.5 Å². The van der Waals surface area contributed by atoms with E-state index in [0.29, 0.717) is 0 Å². The van der Waals surface area contributed by atoms with Crippen LogP contribution in [0.3, 0.4) is 0 Å². The zero-order chi connectivity index (χ0) is 19.9. The average Bonchev–Trinajstić information content (AvgIpc) is 3.44. The molecule has 30 heavy (non-hydrogen) atoms. The third-order valence-electron chi connectivity index (χ3n) is 7.02. The maximum Gasteiger partial charge on any atom is 0.0452 e. The van der Waals surface area contributed by atoms with Gasteiger partial charge in [-0.3, -0.25) is 0 Å². The van der Waals surface area contributed by atoms with Gasteiger partial charge in [-0.05, 0) is 110 Å². The van der Waals surface area contributed by atoms with Gasteiger partial charge in [-0.1, -0.05) is 24.3 Å². The van der Waals surface area contributed by atoms with Crippen LogP contribution in [0.15, 0.2) is 73.1 Å². The van der Waals surface area contributed by atoms with Crippen molar-refractivity contribution >= 4 is 0 Å². The number of fused-ring (bicyclic) bond motifs is 2. The zero-order valence-corrected chi connectivity index (χ0v) is 17.5. The fraction of sp³-hybridized carbons (Fsp3) is 0.286. The second-order valence-corrected chi connectivity index (χ2v) is 8.82. The quantitative estimate of drug-likeness (QED) is 0.367.